The second kappa shape index (κ2) is 6.94. The van der Waals surface area contributed by atoms with E-state index in [2.05, 4.69) is 41.4 Å². The van der Waals surface area contributed by atoms with Crippen LogP contribution in [0.15, 0.2) is 59.0 Å². The number of hydrogen-bond donors (Lipinski definition) is 0. The maximum absolute atomic E-state index is 6.17. The lowest BCUT2D eigenvalue weighted by molar-refractivity contribution is 0.152. The average Bonchev–Trinajstić information content (AvgIpc) is 3.11. The molecule has 1 aliphatic rings. The van der Waals surface area contributed by atoms with Gasteiger partial charge < -0.3 is 9.15 Å². The highest BCUT2D eigenvalue weighted by atomic mass is 16.5. The third-order valence-corrected chi connectivity index (χ3v) is 5.39. The molecule has 0 amide bonds. The van der Waals surface area contributed by atoms with Crippen molar-refractivity contribution in [1.29, 1.82) is 0 Å². The van der Waals surface area contributed by atoms with Crippen LogP contribution in [-0.2, 0) is 5.41 Å². The van der Waals surface area contributed by atoms with E-state index in [4.69, 9.17) is 9.15 Å². The molecule has 1 aliphatic carbocycles. The number of aromatic nitrogens is 2. The molecule has 4 rings (SSSR count). The fraction of sp³-hybridized carbons (Fsp3) is 0.364. The molecule has 1 aromatic heterocycles. The molecule has 1 saturated carbocycles. The highest BCUT2D eigenvalue weighted by molar-refractivity contribution is 5.35. The third kappa shape index (κ3) is 2.90. The van der Waals surface area contributed by atoms with E-state index in [-0.39, 0.29) is 11.5 Å². The number of rotatable bonds is 6. The van der Waals surface area contributed by atoms with Crippen molar-refractivity contribution in [2.45, 2.75) is 51.0 Å². The monoisotopic (exact) mass is 348 g/mol. The summed E-state index contributed by atoms with van der Waals surface area (Å²) in [5, 5.41) is 8.77. The van der Waals surface area contributed by atoms with Crippen LogP contribution in [0.25, 0.3) is 0 Å². The molecule has 1 heterocycles. The SMILES string of the molecule is CC[C@H](Oc1ccccc1C)c1nnc(C2(c3ccccc3)CCC2)o1. The minimum Gasteiger partial charge on any atom is -0.480 e. The second-order valence-corrected chi connectivity index (χ2v) is 7.03. The highest BCUT2D eigenvalue weighted by Crippen LogP contribution is 2.48. The van der Waals surface area contributed by atoms with Gasteiger partial charge in [0.25, 0.3) is 5.89 Å². The van der Waals surface area contributed by atoms with Crippen molar-refractivity contribution in [2.24, 2.45) is 0 Å². The van der Waals surface area contributed by atoms with Crippen LogP contribution in [0.3, 0.4) is 0 Å². The van der Waals surface area contributed by atoms with Crippen molar-refractivity contribution < 1.29 is 9.15 Å². The van der Waals surface area contributed by atoms with Crippen molar-refractivity contribution in [1.82, 2.24) is 10.2 Å². The van der Waals surface area contributed by atoms with Crippen LogP contribution in [-0.4, -0.2) is 10.2 Å². The molecule has 0 unspecified atom stereocenters. The predicted octanol–water partition coefficient (Wildman–Crippen LogP) is 5.38. The zero-order chi connectivity index (χ0) is 18.0. The summed E-state index contributed by atoms with van der Waals surface area (Å²) >= 11 is 0. The molecule has 3 aromatic rings. The van der Waals surface area contributed by atoms with Gasteiger partial charge in [0.15, 0.2) is 6.10 Å². The van der Waals surface area contributed by atoms with Crippen LogP contribution < -0.4 is 4.74 Å². The van der Waals surface area contributed by atoms with Crippen LogP contribution in [0.1, 0.15) is 61.6 Å². The quantitative estimate of drug-likeness (QED) is 0.600. The summed E-state index contributed by atoms with van der Waals surface area (Å²) < 4.78 is 12.3. The van der Waals surface area contributed by atoms with Gasteiger partial charge in [-0.15, -0.1) is 10.2 Å². The van der Waals surface area contributed by atoms with Gasteiger partial charge >= 0.3 is 0 Å². The first-order valence-corrected chi connectivity index (χ1v) is 9.34. The number of para-hydroxylation sites is 1. The molecule has 1 atom stereocenters. The molecule has 0 saturated heterocycles. The Kier molecular flexibility index (Phi) is 4.49. The maximum atomic E-state index is 6.17. The molecule has 0 spiro atoms. The van der Waals surface area contributed by atoms with Gasteiger partial charge in [-0.1, -0.05) is 61.9 Å². The van der Waals surface area contributed by atoms with Gasteiger partial charge in [-0.3, -0.25) is 0 Å². The van der Waals surface area contributed by atoms with Gasteiger partial charge in [-0.05, 0) is 43.4 Å². The lowest BCUT2D eigenvalue weighted by atomic mass is 9.64. The fourth-order valence-electron chi connectivity index (χ4n) is 3.62. The summed E-state index contributed by atoms with van der Waals surface area (Å²) in [5.74, 6) is 2.14. The Hall–Kier alpha value is -2.62. The standard InChI is InChI=1S/C22H24N2O2/c1-3-18(25-19-13-8-7-10-16(19)2)20-23-24-21(26-20)22(14-9-15-22)17-11-5-4-6-12-17/h4-8,10-13,18H,3,9,14-15H2,1-2H3/t18-/m0/s1. The zero-order valence-corrected chi connectivity index (χ0v) is 15.3. The van der Waals surface area contributed by atoms with E-state index in [9.17, 15) is 0 Å². The molecule has 0 aliphatic heterocycles. The molecular formula is C22H24N2O2. The van der Waals surface area contributed by atoms with Crippen LogP contribution >= 0.6 is 0 Å². The third-order valence-electron chi connectivity index (χ3n) is 5.39. The minimum atomic E-state index is -0.231. The van der Waals surface area contributed by atoms with Crippen LogP contribution in [0.4, 0.5) is 0 Å². The number of aryl methyl sites for hydroxylation is 1. The first kappa shape index (κ1) is 16.8. The smallest absolute Gasteiger partial charge is 0.257 e. The average molecular weight is 348 g/mol. The van der Waals surface area contributed by atoms with Gasteiger partial charge in [-0.25, -0.2) is 0 Å². The highest BCUT2D eigenvalue weighted by Gasteiger charge is 2.45. The Morgan fingerprint density at radius 3 is 2.42 bits per heavy atom. The number of hydrogen-bond acceptors (Lipinski definition) is 4. The Labute approximate surface area is 154 Å². The molecule has 1 fully saturated rings. The zero-order valence-electron chi connectivity index (χ0n) is 15.3. The topological polar surface area (TPSA) is 48.2 Å². The van der Waals surface area contributed by atoms with Crippen molar-refractivity contribution >= 4 is 0 Å². The fourth-order valence-corrected chi connectivity index (χ4v) is 3.62. The first-order chi connectivity index (χ1) is 12.7. The van der Waals surface area contributed by atoms with Crippen molar-refractivity contribution in [2.75, 3.05) is 0 Å². The molecule has 26 heavy (non-hydrogen) atoms. The summed E-state index contributed by atoms with van der Waals surface area (Å²) in [6, 6.07) is 18.5. The maximum Gasteiger partial charge on any atom is 0.257 e. The Bertz CT molecular complexity index is 869. The van der Waals surface area contributed by atoms with Gasteiger partial charge in [0.05, 0.1) is 5.41 Å². The number of benzene rings is 2. The molecule has 0 bridgehead atoms. The summed E-state index contributed by atoms with van der Waals surface area (Å²) in [4.78, 5) is 0. The molecule has 4 heteroatoms. The molecule has 0 radical (unpaired) electrons. The molecule has 0 N–H and O–H groups in total. The van der Waals surface area contributed by atoms with E-state index in [1.807, 2.05) is 37.3 Å². The van der Waals surface area contributed by atoms with Crippen LogP contribution in [0.5, 0.6) is 5.75 Å². The van der Waals surface area contributed by atoms with Gasteiger partial charge in [0.1, 0.15) is 5.75 Å². The number of ether oxygens (including phenoxy) is 1. The lowest BCUT2D eigenvalue weighted by Gasteiger charge is -2.39. The van der Waals surface area contributed by atoms with Crippen molar-refractivity contribution in [3.63, 3.8) is 0 Å². The summed E-state index contributed by atoms with van der Waals surface area (Å²) in [7, 11) is 0. The normalized spacial score (nSPS) is 16.7. The summed E-state index contributed by atoms with van der Waals surface area (Å²) in [6.07, 6.45) is 3.82. The van der Waals surface area contributed by atoms with Crippen LogP contribution in [0.2, 0.25) is 0 Å². The van der Waals surface area contributed by atoms with E-state index in [1.165, 1.54) is 12.0 Å². The second-order valence-electron chi connectivity index (χ2n) is 7.03. The van der Waals surface area contributed by atoms with Gasteiger partial charge in [0, 0.05) is 0 Å². The molecular weight excluding hydrogens is 324 g/mol. The van der Waals surface area contributed by atoms with Gasteiger partial charge in [0.2, 0.25) is 5.89 Å². The van der Waals surface area contributed by atoms with Gasteiger partial charge in [-0.2, -0.15) is 0 Å². The largest absolute Gasteiger partial charge is 0.480 e. The van der Waals surface area contributed by atoms with Crippen molar-refractivity contribution in [3.05, 3.63) is 77.5 Å². The summed E-state index contributed by atoms with van der Waals surface area (Å²) in [6.45, 7) is 4.11. The Balaban J connectivity index is 1.61. The van der Waals surface area contributed by atoms with E-state index < -0.39 is 0 Å². The van der Waals surface area contributed by atoms with Crippen molar-refractivity contribution in [3.8, 4) is 5.75 Å². The van der Waals surface area contributed by atoms with E-state index in [0.29, 0.717) is 5.89 Å². The predicted molar refractivity (Wildman–Crippen MR) is 100 cm³/mol. The van der Waals surface area contributed by atoms with E-state index in [1.54, 1.807) is 0 Å². The molecule has 134 valence electrons. The van der Waals surface area contributed by atoms with E-state index in [0.717, 1.165) is 36.5 Å². The molecule has 4 nitrogen and oxygen atoms in total. The molecule has 2 aromatic carbocycles. The Morgan fingerprint density at radius 2 is 1.77 bits per heavy atom. The number of nitrogens with zero attached hydrogens (tertiary/aromatic N) is 2. The lowest BCUT2D eigenvalue weighted by Crippen LogP contribution is -2.35. The Morgan fingerprint density at radius 1 is 1.04 bits per heavy atom. The van der Waals surface area contributed by atoms with E-state index >= 15 is 0 Å². The minimum absolute atomic E-state index is 0.131. The first-order valence-electron chi connectivity index (χ1n) is 9.34. The van der Waals surface area contributed by atoms with Crippen LogP contribution in [0, 0.1) is 6.92 Å². The summed E-state index contributed by atoms with van der Waals surface area (Å²) in [5.41, 5.74) is 2.23.